The van der Waals surface area contributed by atoms with Crippen LogP contribution in [0.4, 0.5) is 16.2 Å². The van der Waals surface area contributed by atoms with Gasteiger partial charge >= 0.3 is 6.09 Å². The van der Waals surface area contributed by atoms with E-state index in [0.717, 1.165) is 5.69 Å². The van der Waals surface area contributed by atoms with E-state index in [-0.39, 0.29) is 12.0 Å². The Morgan fingerprint density at radius 2 is 1.76 bits per heavy atom. The lowest BCUT2D eigenvalue weighted by molar-refractivity contribution is 0.101. The standard InChI is InChI=1S/C18H16N2O5/c21-17(14-2-1-3-15-16(14)24-11-10-23-15)19-12-4-6-13(7-5-12)20-8-9-25-18(20)22/h1-7H,8-11H2,(H,19,21). The molecule has 7 heteroatoms. The third kappa shape index (κ3) is 2.96. The molecule has 0 saturated carbocycles. The van der Waals surface area contributed by atoms with Crippen molar-refractivity contribution < 1.29 is 23.8 Å². The SMILES string of the molecule is O=C(Nc1ccc(N2CCOC2=O)cc1)c1cccc2c1OCCO2. The zero-order valence-electron chi connectivity index (χ0n) is 13.4. The van der Waals surface area contributed by atoms with Gasteiger partial charge in [0.05, 0.1) is 12.1 Å². The minimum Gasteiger partial charge on any atom is -0.486 e. The van der Waals surface area contributed by atoms with Gasteiger partial charge in [-0.1, -0.05) is 6.07 Å². The predicted octanol–water partition coefficient (Wildman–Crippen LogP) is 2.67. The van der Waals surface area contributed by atoms with Gasteiger partial charge in [0.2, 0.25) is 0 Å². The number of nitrogens with zero attached hydrogens (tertiary/aromatic N) is 1. The maximum absolute atomic E-state index is 12.5. The van der Waals surface area contributed by atoms with Gasteiger partial charge < -0.3 is 19.5 Å². The Kier molecular flexibility index (Phi) is 3.89. The van der Waals surface area contributed by atoms with Crippen molar-refractivity contribution >= 4 is 23.4 Å². The number of benzene rings is 2. The van der Waals surface area contributed by atoms with Crippen molar-refractivity contribution in [2.45, 2.75) is 0 Å². The van der Waals surface area contributed by atoms with E-state index < -0.39 is 0 Å². The normalized spacial score (nSPS) is 15.7. The Balaban J connectivity index is 1.51. The number of ether oxygens (including phenoxy) is 3. The van der Waals surface area contributed by atoms with Crippen LogP contribution in [0.2, 0.25) is 0 Å². The van der Waals surface area contributed by atoms with Crippen LogP contribution in [0.5, 0.6) is 11.5 Å². The molecule has 7 nitrogen and oxygen atoms in total. The molecule has 2 aliphatic heterocycles. The quantitative estimate of drug-likeness (QED) is 0.929. The molecule has 2 amide bonds. The van der Waals surface area contributed by atoms with Gasteiger partial charge in [0.15, 0.2) is 11.5 Å². The molecule has 1 fully saturated rings. The van der Waals surface area contributed by atoms with Crippen LogP contribution in [0, 0.1) is 0 Å². The van der Waals surface area contributed by atoms with Crippen molar-refractivity contribution in [3.63, 3.8) is 0 Å². The Labute approximate surface area is 144 Å². The number of nitrogens with one attached hydrogen (secondary N) is 1. The number of carbonyl (C=O) groups excluding carboxylic acids is 2. The number of carbonyl (C=O) groups is 2. The lowest BCUT2D eigenvalue weighted by Gasteiger charge is -2.20. The third-order valence-corrected chi connectivity index (χ3v) is 4.01. The van der Waals surface area contributed by atoms with E-state index in [2.05, 4.69) is 5.32 Å². The Bertz CT molecular complexity index is 819. The average Bonchev–Trinajstić information content (AvgIpc) is 3.08. The molecular formula is C18H16N2O5. The maximum Gasteiger partial charge on any atom is 0.414 e. The Hall–Kier alpha value is -3.22. The first-order valence-corrected chi connectivity index (χ1v) is 7.97. The highest BCUT2D eigenvalue weighted by Gasteiger charge is 2.24. The van der Waals surface area contributed by atoms with Crippen LogP contribution in [-0.2, 0) is 4.74 Å². The maximum atomic E-state index is 12.5. The van der Waals surface area contributed by atoms with Gasteiger partial charge in [-0.2, -0.15) is 0 Å². The van der Waals surface area contributed by atoms with Crippen LogP contribution in [-0.4, -0.2) is 38.4 Å². The van der Waals surface area contributed by atoms with Gasteiger partial charge in [0, 0.05) is 11.4 Å². The Morgan fingerprint density at radius 1 is 0.960 bits per heavy atom. The fraction of sp³-hybridized carbons (Fsp3) is 0.222. The summed E-state index contributed by atoms with van der Waals surface area (Å²) in [6.07, 6.45) is -0.357. The minimum absolute atomic E-state index is 0.282. The Morgan fingerprint density at radius 3 is 2.52 bits per heavy atom. The van der Waals surface area contributed by atoms with Gasteiger partial charge in [0.1, 0.15) is 19.8 Å². The van der Waals surface area contributed by atoms with Gasteiger partial charge in [-0.05, 0) is 36.4 Å². The number of para-hydroxylation sites is 1. The zero-order valence-corrected chi connectivity index (χ0v) is 13.4. The van der Waals surface area contributed by atoms with Crippen LogP contribution in [0.25, 0.3) is 0 Å². The van der Waals surface area contributed by atoms with Crippen LogP contribution in [0.1, 0.15) is 10.4 Å². The molecule has 0 bridgehead atoms. The van der Waals surface area contributed by atoms with Crippen LogP contribution in [0.15, 0.2) is 42.5 Å². The van der Waals surface area contributed by atoms with E-state index in [1.165, 1.54) is 0 Å². The molecular weight excluding hydrogens is 324 g/mol. The summed E-state index contributed by atoms with van der Waals surface area (Å²) in [6, 6.07) is 12.2. The molecule has 0 radical (unpaired) electrons. The van der Waals surface area contributed by atoms with Gasteiger partial charge in [-0.25, -0.2) is 4.79 Å². The van der Waals surface area contributed by atoms with Crippen molar-refractivity contribution in [2.24, 2.45) is 0 Å². The highest BCUT2D eigenvalue weighted by Crippen LogP contribution is 2.34. The predicted molar refractivity (Wildman–Crippen MR) is 90.5 cm³/mol. The van der Waals surface area contributed by atoms with Crippen molar-refractivity contribution in [1.82, 2.24) is 0 Å². The van der Waals surface area contributed by atoms with E-state index in [1.54, 1.807) is 47.4 Å². The highest BCUT2D eigenvalue weighted by atomic mass is 16.6. The molecule has 0 aliphatic carbocycles. The average molecular weight is 340 g/mol. The minimum atomic E-state index is -0.357. The summed E-state index contributed by atoms with van der Waals surface area (Å²) in [4.78, 5) is 25.7. The molecule has 0 atom stereocenters. The smallest absolute Gasteiger partial charge is 0.414 e. The summed E-state index contributed by atoms with van der Waals surface area (Å²) in [5.41, 5.74) is 1.77. The number of amides is 2. The second-order valence-electron chi connectivity index (χ2n) is 5.60. The molecule has 0 unspecified atom stereocenters. The van der Waals surface area contributed by atoms with E-state index in [1.807, 2.05) is 0 Å². The van der Waals surface area contributed by atoms with Gasteiger partial charge in [-0.3, -0.25) is 9.69 Å². The number of rotatable bonds is 3. The first-order valence-electron chi connectivity index (χ1n) is 7.97. The first-order chi connectivity index (χ1) is 12.2. The summed E-state index contributed by atoms with van der Waals surface area (Å²) in [7, 11) is 0. The summed E-state index contributed by atoms with van der Waals surface area (Å²) >= 11 is 0. The summed E-state index contributed by atoms with van der Waals surface area (Å²) < 4.78 is 16.0. The molecule has 1 saturated heterocycles. The van der Waals surface area contributed by atoms with E-state index in [0.29, 0.717) is 49.1 Å². The second kappa shape index (κ2) is 6.35. The number of anilines is 2. The molecule has 2 heterocycles. The van der Waals surface area contributed by atoms with Crippen molar-refractivity contribution in [1.29, 1.82) is 0 Å². The molecule has 1 N–H and O–H groups in total. The van der Waals surface area contributed by atoms with Gasteiger partial charge in [-0.15, -0.1) is 0 Å². The topological polar surface area (TPSA) is 77.1 Å². The van der Waals surface area contributed by atoms with E-state index >= 15 is 0 Å². The van der Waals surface area contributed by atoms with Crippen molar-refractivity contribution in [3.05, 3.63) is 48.0 Å². The summed E-state index contributed by atoms with van der Waals surface area (Å²) in [6.45, 7) is 1.80. The lowest BCUT2D eigenvalue weighted by atomic mass is 10.1. The summed E-state index contributed by atoms with van der Waals surface area (Å²) in [5, 5.41) is 2.83. The van der Waals surface area contributed by atoms with E-state index in [9.17, 15) is 9.59 Å². The molecule has 128 valence electrons. The van der Waals surface area contributed by atoms with Crippen LogP contribution in [0.3, 0.4) is 0 Å². The monoisotopic (exact) mass is 340 g/mol. The molecule has 0 aromatic heterocycles. The molecule has 2 aromatic rings. The number of hydrogen-bond donors (Lipinski definition) is 1. The molecule has 4 rings (SSSR count). The van der Waals surface area contributed by atoms with Crippen molar-refractivity contribution in [3.8, 4) is 11.5 Å². The summed E-state index contributed by atoms with van der Waals surface area (Å²) in [5.74, 6) is 0.750. The van der Waals surface area contributed by atoms with E-state index in [4.69, 9.17) is 14.2 Å². The number of fused-ring (bicyclic) bond motifs is 1. The van der Waals surface area contributed by atoms with Gasteiger partial charge in [0.25, 0.3) is 5.91 Å². The third-order valence-electron chi connectivity index (χ3n) is 4.01. The molecule has 25 heavy (non-hydrogen) atoms. The molecule has 2 aliphatic rings. The number of cyclic esters (lactones) is 1. The van der Waals surface area contributed by atoms with Crippen molar-refractivity contribution in [2.75, 3.05) is 36.6 Å². The fourth-order valence-corrected chi connectivity index (χ4v) is 2.80. The lowest BCUT2D eigenvalue weighted by Crippen LogP contribution is -2.23. The first kappa shape index (κ1) is 15.3. The molecule has 0 spiro atoms. The second-order valence-corrected chi connectivity index (χ2v) is 5.60. The van der Waals surface area contributed by atoms with Crippen LogP contribution >= 0.6 is 0 Å². The van der Waals surface area contributed by atoms with Crippen LogP contribution < -0.4 is 19.7 Å². The fourth-order valence-electron chi connectivity index (χ4n) is 2.80. The highest BCUT2D eigenvalue weighted by molar-refractivity contribution is 6.07. The zero-order chi connectivity index (χ0) is 17.2. The molecule has 2 aromatic carbocycles. The number of hydrogen-bond acceptors (Lipinski definition) is 5. The largest absolute Gasteiger partial charge is 0.486 e.